The quantitative estimate of drug-likeness (QED) is 0.895. The molecule has 0 bridgehead atoms. The molecule has 0 aromatic heterocycles. The molecule has 1 atom stereocenters. The second kappa shape index (κ2) is 4.30. The number of benzene rings is 1. The van der Waals surface area contributed by atoms with Crippen molar-refractivity contribution >= 4 is 17.5 Å². The van der Waals surface area contributed by atoms with E-state index in [1.54, 1.807) is 13.0 Å². The lowest BCUT2D eigenvalue weighted by molar-refractivity contribution is -0.136. The molecule has 1 aromatic rings. The van der Waals surface area contributed by atoms with E-state index in [1.807, 2.05) is 6.92 Å². The summed E-state index contributed by atoms with van der Waals surface area (Å²) in [6.07, 6.45) is 1.89. The minimum atomic E-state index is -0.853. The van der Waals surface area contributed by atoms with Crippen LogP contribution >= 0.6 is 0 Å². The summed E-state index contributed by atoms with van der Waals surface area (Å²) in [6, 6.07) is 4.30. The first-order valence-corrected chi connectivity index (χ1v) is 6.81. The van der Waals surface area contributed by atoms with Crippen molar-refractivity contribution < 1.29 is 14.0 Å². The highest BCUT2D eigenvalue weighted by atomic mass is 19.1. The molecule has 106 valence electrons. The minimum absolute atomic E-state index is 0.0502. The van der Waals surface area contributed by atoms with E-state index < -0.39 is 11.4 Å². The Labute approximate surface area is 117 Å². The van der Waals surface area contributed by atoms with E-state index >= 15 is 0 Å². The van der Waals surface area contributed by atoms with Crippen LogP contribution < -0.4 is 10.2 Å². The van der Waals surface area contributed by atoms with Crippen LogP contribution in [0.4, 0.5) is 10.1 Å². The first kappa shape index (κ1) is 13.1. The highest BCUT2D eigenvalue weighted by Gasteiger charge is 2.53. The molecular weight excluding hydrogens is 259 g/mol. The van der Waals surface area contributed by atoms with Crippen LogP contribution in [0.5, 0.6) is 0 Å². The van der Waals surface area contributed by atoms with E-state index in [1.165, 1.54) is 17.0 Å². The number of carbonyl (C=O) groups excluding carboxylic acids is 2. The molecule has 2 fully saturated rings. The van der Waals surface area contributed by atoms with Crippen molar-refractivity contribution in [2.75, 3.05) is 11.4 Å². The van der Waals surface area contributed by atoms with Gasteiger partial charge in [-0.1, -0.05) is 6.07 Å². The molecule has 0 radical (unpaired) electrons. The molecule has 0 spiro atoms. The SMILES string of the molecule is Cc1ccc(F)cc1N1CC(=O)NC(C)(C2CC2)C1=O. The fourth-order valence-electron chi connectivity index (χ4n) is 2.88. The predicted molar refractivity (Wildman–Crippen MR) is 72.8 cm³/mol. The Kier molecular flexibility index (Phi) is 2.81. The van der Waals surface area contributed by atoms with Crippen molar-refractivity contribution in [3.8, 4) is 0 Å². The van der Waals surface area contributed by atoms with Crippen molar-refractivity contribution in [1.82, 2.24) is 5.32 Å². The molecule has 2 amide bonds. The van der Waals surface area contributed by atoms with Gasteiger partial charge in [-0.05, 0) is 50.3 Å². The van der Waals surface area contributed by atoms with Gasteiger partial charge >= 0.3 is 0 Å². The third kappa shape index (κ3) is 1.97. The van der Waals surface area contributed by atoms with Gasteiger partial charge in [-0.15, -0.1) is 0 Å². The van der Waals surface area contributed by atoms with Crippen LogP contribution in [0.1, 0.15) is 25.3 Å². The van der Waals surface area contributed by atoms with Gasteiger partial charge in [0.15, 0.2) is 0 Å². The van der Waals surface area contributed by atoms with Crippen LogP contribution in [-0.2, 0) is 9.59 Å². The van der Waals surface area contributed by atoms with E-state index in [4.69, 9.17) is 0 Å². The number of aryl methyl sites for hydroxylation is 1. The van der Waals surface area contributed by atoms with Gasteiger partial charge in [-0.25, -0.2) is 4.39 Å². The maximum absolute atomic E-state index is 13.5. The first-order chi connectivity index (χ1) is 9.41. The highest BCUT2D eigenvalue weighted by Crippen LogP contribution is 2.42. The molecule has 1 aliphatic carbocycles. The van der Waals surface area contributed by atoms with Gasteiger partial charge in [0.05, 0.1) is 5.69 Å². The van der Waals surface area contributed by atoms with E-state index in [9.17, 15) is 14.0 Å². The number of piperazine rings is 1. The average Bonchev–Trinajstić information content (AvgIpc) is 3.21. The van der Waals surface area contributed by atoms with Gasteiger partial charge in [-0.2, -0.15) is 0 Å². The standard InChI is InChI=1S/C15H17FN2O2/c1-9-3-6-11(16)7-12(9)18-8-13(19)17-15(2,14(18)20)10-4-5-10/h3,6-7,10H,4-5,8H2,1-2H3,(H,17,19). The van der Waals surface area contributed by atoms with Crippen LogP contribution in [-0.4, -0.2) is 23.9 Å². The van der Waals surface area contributed by atoms with Crippen LogP contribution in [0.2, 0.25) is 0 Å². The number of rotatable bonds is 2. The van der Waals surface area contributed by atoms with Crippen LogP contribution in [0.15, 0.2) is 18.2 Å². The Hall–Kier alpha value is -1.91. The summed E-state index contributed by atoms with van der Waals surface area (Å²) in [4.78, 5) is 26.1. The fourth-order valence-corrected chi connectivity index (χ4v) is 2.88. The number of carbonyl (C=O) groups is 2. The maximum atomic E-state index is 13.5. The number of nitrogens with one attached hydrogen (secondary N) is 1. The normalized spacial score (nSPS) is 26.6. The Morgan fingerprint density at radius 3 is 2.70 bits per heavy atom. The lowest BCUT2D eigenvalue weighted by atomic mass is 9.91. The largest absolute Gasteiger partial charge is 0.340 e. The number of nitrogens with zero attached hydrogens (tertiary/aromatic N) is 1. The Balaban J connectivity index is 2.01. The number of hydrogen-bond acceptors (Lipinski definition) is 2. The van der Waals surface area contributed by atoms with Crippen LogP contribution in [0, 0.1) is 18.7 Å². The molecule has 1 unspecified atom stereocenters. The zero-order valence-corrected chi connectivity index (χ0v) is 11.6. The van der Waals surface area contributed by atoms with Crippen molar-refractivity contribution in [3.05, 3.63) is 29.6 Å². The van der Waals surface area contributed by atoms with E-state index in [-0.39, 0.29) is 24.3 Å². The van der Waals surface area contributed by atoms with E-state index in [0.717, 1.165) is 18.4 Å². The van der Waals surface area contributed by atoms with E-state index in [2.05, 4.69) is 5.32 Å². The average molecular weight is 276 g/mol. The third-order valence-electron chi connectivity index (χ3n) is 4.25. The van der Waals surface area contributed by atoms with Gasteiger partial charge in [0.25, 0.3) is 5.91 Å². The zero-order chi connectivity index (χ0) is 14.5. The molecule has 1 saturated heterocycles. The predicted octanol–water partition coefficient (Wildman–Crippen LogP) is 1.77. The lowest BCUT2D eigenvalue weighted by Crippen LogP contribution is -2.66. The van der Waals surface area contributed by atoms with Gasteiger partial charge in [-0.3, -0.25) is 9.59 Å². The fraction of sp³-hybridized carbons (Fsp3) is 0.467. The van der Waals surface area contributed by atoms with Crippen molar-refractivity contribution in [1.29, 1.82) is 0 Å². The summed E-state index contributed by atoms with van der Waals surface area (Å²) in [6.45, 7) is 3.53. The molecule has 4 nitrogen and oxygen atoms in total. The molecule has 1 aliphatic heterocycles. The molecule has 5 heteroatoms. The Morgan fingerprint density at radius 1 is 1.35 bits per heavy atom. The van der Waals surface area contributed by atoms with E-state index in [0.29, 0.717) is 5.69 Å². The zero-order valence-electron chi connectivity index (χ0n) is 11.6. The van der Waals surface area contributed by atoms with Gasteiger partial charge in [0.2, 0.25) is 5.91 Å². The summed E-state index contributed by atoms with van der Waals surface area (Å²) in [5.74, 6) is -0.552. The van der Waals surface area contributed by atoms with Gasteiger partial charge in [0, 0.05) is 0 Å². The minimum Gasteiger partial charge on any atom is -0.340 e. The van der Waals surface area contributed by atoms with Crippen LogP contribution in [0.25, 0.3) is 0 Å². The van der Waals surface area contributed by atoms with Crippen molar-refractivity contribution in [2.24, 2.45) is 5.92 Å². The summed E-state index contributed by atoms with van der Waals surface area (Å²) in [7, 11) is 0. The van der Waals surface area contributed by atoms with Crippen molar-refractivity contribution in [3.63, 3.8) is 0 Å². The van der Waals surface area contributed by atoms with Gasteiger partial charge in [0.1, 0.15) is 17.9 Å². The smallest absolute Gasteiger partial charge is 0.253 e. The first-order valence-electron chi connectivity index (χ1n) is 6.81. The van der Waals surface area contributed by atoms with Crippen molar-refractivity contribution in [2.45, 2.75) is 32.2 Å². The molecule has 1 aromatic carbocycles. The molecule has 20 heavy (non-hydrogen) atoms. The topological polar surface area (TPSA) is 49.4 Å². The molecule has 3 rings (SSSR count). The molecule has 1 saturated carbocycles. The van der Waals surface area contributed by atoms with Gasteiger partial charge < -0.3 is 10.2 Å². The van der Waals surface area contributed by atoms with Crippen LogP contribution in [0.3, 0.4) is 0 Å². The Morgan fingerprint density at radius 2 is 2.05 bits per heavy atom. The summed E-state index contributed by atoms with van der Waals surface area (Å²) in [5, 5.41) is 2.81. The molecule has 2 aliphatic rings. The number of amides is 2. The second-order valence-corrected chi connectivity index (χ2v) is 5.85. The third-order valence-corrected chi connectivity index (χ3v) is 4.25. The number of hydrogen-bond donors (Lipinski definition) is 1. The monoisotopic (exact) mass is 276 g/mol. The second-order valence-electron chi connectivity index (χ2n) is 5.85. The summed E-state index contributed by atoms with van der Waals surface area (Å²) < 4.78 is 13.5. The molecule has 1 heterocycles. The highest BCUT2D eigenvalue weighted by molar-refractivity contribution is 6.09. The number of anilines is 1. The molecular formula is C15H17FN2O2. The summed E-state index contributed by atoms with van der Waals surface area (Å²) in [5.41, 5.74) is 0.415. The molecule has 1 N–H and O–H groups in total. The summed E-state index contributed by atoms with van der Waals surface area (Å²) >= 11 is 0. The lowest BCUT2D eigenvalue weighted by Gasteiger charge is -2.40. The number of halogens is 1. The maximum Gasteiger partial charge on any atom is 0.253 e. The Bertz CT molecular complexity index is 598.